The van der Waals surface area contributed by atoms with Gasteiger partial charge in [-0.2, -0.15) is 0 Å². The summed E-state index contributed by atoms with van der Waals surface area (Å²) in [6, 6.07) is 16.4. The average molecular weight is 266 g/mol. The molecule has 0 aliphatic rings. The maximum absolute atomic E-state index is 12.2. The van der Waals surface area contributed by atoms with Gasteiger partial charge in [-0.1, -0.05) is 36.4 Å². The van der Waals surface area contributed by atoms with E-state index in [9.17, 15) is 4.79 Å². The molecule has 0 aliphatic carbocycles. The van der Waals surface area contributed by atoms with E-state index in [1.807, 2.05) is 43.3 Å². The molecule has 0 N–H and O–H groups in total. The molecule has 3 aromatic rings. The van der Waals surface area contributed by atoms with Gasteiger partial charge in [-0.05, 0) is 19.1 Å². The SMILES string of the molecule is CCOc1cccc2c(=O)cc(-c3ccccc3)oc12. The van der Waals surface area contributed by atoms with Crippen molar-refractivity contribution in [1.29, 1.82) is 0 Å². The van der Waals surface area contributed by atoms with Gasteiger partial charge < -0.3 is 9.15 Å². The number of rotatable bonds is 3. The van der Waals surface area contributed by atoms with Crippen LogP contribution in [0.1, 0.15) is 6.92 Å². The smallest absolute Gasteiger partial charge is 0.193 e. The molecule has 0 fully saturated rings. The van der Waals surface area contributed by atoms with Crippen LogP contribution in [0, 0.1) is 0 Å². The van der Waals surface area contributed by atoms with Gasteiger partial charge >= 0.3 is 0 Å². The van der Waals surface area contributed by atoms with E-state index in [0.29, 0.717) is 29.1 Å². The van der Waals surface area contributed by atoms with Crippen LogP contribution in [0.5, 0.6) is 5.75 Å². The highest BCUT2D eigenvalue weighted by Crippen LogP contribution is 2.28. The van der Waals surface area contributed by atoms with E-state index in [-0.39, 0.29) is 5.43 Å². The molecule has 20 heavy (non-hydrogen) atoms. The number of fused-ring (bicyclic) bond motifs is 1. The summed E-state index contributed by atoms with van der Waals surface area (Å²) in [4.78, 5) is 12.2. The molecule has 0 saturated heterocycles. The Morgan fingerprint density at radius 3 is 2.60 bits per heavy atom. The maximum Gasteiger partial charge on any atom is 0.193 e. The predicted octanol–water partition coefficient (Wildman–Crippen LogP) is 3.86. The number of hydrogen-bond acceptors (Lipinski definition) is 3. The Hall–Kier alpha value is -2.55. The van der Waals surface area contributed by atoms with E-state index in [0.717, 1.165) is 5.56 Å². The molecule has 0 bridgehead atoms. The van der Waals surface area contributed by atoms with Crippen LogP contribution in [-0.4, -0.2) is 6.61 Å². The molecule has 3 rings (SSSR count). The third kappa shape index (κ3) is 2.18. The highest BCUT2D eigenvalue weighted by molar-refractivity contribution is 5.84. The highest BCUT2D eigenvalue weighted by Gasteiger charge is 2.10. The normalized spacial score (nSPS) is 10.7. The summed E-state index contributed by atoms with van der Waals surface area (Å²) in [5, 5.41) is 0.538. The van der Waals surface area contributed by atoms with Crippen LogP contribution in [0.2, 0.25) is 0 Å². The number of hydrogen-bond donors (Lipinski definition) is 0. The second-order valence-corrected chi connectivity index (χ2v) is 4.41. The fraction of sp³-hybridized carbons (Fsp3) is 0.118. The number of para-hydroxylation sites is 1. The van der Waals surface area contributed by atoms with Gasteiger partial charge in [0, 0.05) is 11.6 Å². The van der Waals surface area contributed by atoms with Crippen LogP contribution in [-0.2, 0) is 0 Å². The van der Waals surface area contributed by atoms with Crippen LogP contribution in [0.3, 0.4) is 0 Å². The van der Waals surface area contributed by atoms with E-state index in [4.69, 9.17) is 9.15 Å². The van der Waals surface area contributed by atoms with Crippen LogP contribution < -0.4 is 10.2 Å². The molecule has 3 nitrogen and oxygen atoms in total. The third-order valence-corrected chi connectivity index (χ3v) is 3.08. The number of ether oxygens (including phenoxy) is 1. The van der Waals surface area contributed by atoms with E-state index < -0.39 is 0 Å². The second kappa shape index (κ2) is 5.21. The lowest BCUT2D eigenvalue weighted by Gasteiger charge is -2.08. The molecule has 0 unspecified atom stereocenters. The van der Waals surface area contributed by atoms with Crippen LogP contribution in [0.4, 0.5) is 0 Å². The van der Waals surface area contributed by atoms with Crippen molar-refractivity contribution in [2.45, 2.75) is 6.92 Å². The van der Waals surface area contributed by atoms with Gasteiger partial charge in [-0.3, -0.25) is 4.79 Å². The standard InChI is InChI=1S/C17H14O3/c1-2-19-15-10-6-9-13-14(18)11-16(20-17(13)15)12-7-4-3-5-8-12/h3-11H,2H2,1H3. The minimum absolute atomic E-state index is 0.0633. The molecule has 1 heterocycles. The van der Waals surface area contributed by atoms with E-state index in [1.165, 1.54) is 6.07 Å². The van der Waals surface area contributed by atoms with Crippen LogP contribution >= 0.6 is 0 Å². The van der Waals surface area contributed by atoms with Crippen molar-refractivity contribution in [3.63, 3.8) is 0 Å². The first-order chi connectivity index (χ1) is 9.79. The lowest BCUT2D eigenvalue weighted by Crippen LogP contribution is -2.02. The molecule has 0 amide bonds. The van der Waals surface area contributed by atoms with Crippen molar-refractivity contribution in [3.05, 3.63) is 64.8 Å². The Morgan fingerprint density at radius 2 is 1.85 bits per heavy atom. The molecule has 1 aromatic heterocycles. The van der Waals surface area contributed by atoms with E-state index in [2.05, 4.69) is 0 Å². The molecule has 0 radical (unpaired) electrons. The minimum Gasteiger partial charge on any atom is -0.490 e. The van der Waals surface area contributed by atoms with E-state index >= 15 is 0 Å². The fourth-order valence-electron chi connectivity index (χ4n) is 2.17. The van der Waals surface area contributed by atoms with Gasteiger partial charge in [-0.15, -0.1) is 0 Å². The monoisotopic (exact) mass is 266 g/mol. The summed E-state index contributed by atoms with van der Waals surface area (Å²) in [7, 11) is 0. The molecular formula is C17H14O3. The quantitative estimate of drug-likeness (QED) is 0.722. The van der Waals surface area contributed by atoms with Gasteiger partial charge in [0.05, 0.1) is 12.0 Å². The molecule has 0 atom stereocenters. The Kier molecular flexibility index (Phi) is 3.25. The van der Waals surface area contributed by atoms with Crippen molar-refractivity contribution in [3.8, 4) is 17.1 Å². The molecule has 0 spiro atoms. The number of benzene rings is 2. The van der Waals surface area contributed by atoms with Crippen molar-refractivity contribution in [2.75, 3.05) is 6.61 Å². The van der Waals surface area contributed by atoms with E-state index in [1.54, 1.807) is 12.1 Å². The second-order valence-electron chi connectivity index (χ2n) is 4.41. The largest absolute Gasteiger partial charge is 0.490 e. The summed E-state index contributed by atoms with van der Waals surface area (Å²) >= 11 is 0. The summed E-state index contributed by atoms with van der Waals surface area (Å²) in [6.07, 6.45) is 0. The average Bonchev–Trinajstić information content (AvgIpc) is 2.49. The van der Waals surface area contributed by atoms with Gasteiger partial charge in [-0.25, -0.2) is 0 Å². The first kappa shape index (κ1) is 12.5. The van der Waals surface area contributed by atoms with Crippen molar-refractivity contribution in [1.82, 2.24) is 0 Å². The zero-order valence-corrected chi connectivity index (χ0v) is 11.1. The third-order valence-electron chi connectivity index (χ3n) is 3.08. The summed E-state index contributed by atoms with van der Waals surface area (Å²) in [6.45, 7) is 2.43. The van der Waals surface area contributed by atoms with Crippen molar-refractivity contribution in [2.24, 2.45) is 0 Å². The molecule has 100 valence electrons. The summed E-state index contributed by atoms with van der Waals surface area (Å²) in [5.74, 6) is 1.15. The van der Waals surface area contributed by atoms with Gasteiger partial charge in [0.25, 0.3) is 0 Å². The summed E-state index contributed by atoms with van der Waals surface area (Å²) < 4.78 is 11.4. The van der Waals surface area contributed by atoms with Crippen LogP contribution in [0.25, 0.3) is 22.3 Å². The van der Waals surface area contributed by atoms with Gasteiger partial charge in [0.1, 0.15) is 5.76 Å². The first-order valence-corrected chi connectivity index (χ1v) is 6.54. The molecule has 0 aliphatic heterocycles. The molecule has 2 aromatic carbocycles. The Balaban J connectivity index is 2.27. The Labute approximate surface area is 116 Å². The topological polar surface area (TPSA) is 39.4 Å². The Bertz CT molecular complexity index is 788. The Morgan fingerprint density at radius 1 is 1.05 bits per heavy atom. The lowest BCUT2D eigenvalue weighted by atomic mass is 10.1. The molecule has 3 heteroatoms. The maximum atomic E-state index is 12.2. The highest BCUT2D eigenvalue weighted by atomic mass is 16.5. The fourth-order valence-corrected chi connectivity index (χ4v) is 2.17. The van der Waals surface area contributed by atoms with Crippen molar-refractivity contribution >= 4 is 11.0 Å². The zero-order chi connectivity index (χ0) is 13.9. The molecular weight excluding hydrogens is 252 g/mol. The molecule has 0 saturated carbocycles. The lowest BCUT2D eigenvalue weighted by molar-refractivity contribution is 0.338. The van der Waals surface area contributed by atoms with Crippen LogP contribution in [0.15, 0.2) is 63.8 Å². The first-order valence-electron chi connectivity index (χ1n) is 6.54. The van der Waals surface area contributed by atoms with Crippen molar-refractivity contribution < 1.29 is 9.15 Å². The zero-order valence-electron chi connectivity index (χ0n) is 11.1. The predicted molar refractivity (Wildman–Crippen MR) is 79.1 cm³/mol. The van der Waals surface area contributed by atoms with Gasteiger partial charge in [0.2, 0.25) is 0 Å². The summed E-state index contributed by atoms with van der Waals surface area (Å²) in [5.41, 5.74) is 1.31. The minimum atomic E-state index is -0.0633. The van der Waals surface area contributed by atoms with Gasteiger partial charge in [0.15, 0.2) is 16.8 Å².